The van der Waals surface area contributed by atoms with E-state index in [1.165, 1.54) is 4.90 Å². The van der Waals surface area contributed by atoms with Crippen LogP contribution in [-0.2, 0) is 31.5 Å². The van der Waals surface area contributed by atoms with E-state index in [9.17, 15) is 22.8 Å². The predicted molar refractivity (Wildman–Crippen MR) is 123 cm³/mol. The van der Waals surface area contributed by atoms with Crippen LogP contribution in [0, 0.1) is 0 Å². The number of urea groups is 1. The van der Waals surface area contributed by atoms with Gasteiger partial charge in [0.25, 0.3) is 5.91 Å². The maximum absolute atomic E-state index is 13.4. The van der Waals surface area contributed by atoms with E-state index in [-0.39, 0.29) is 18.1 Å². The fraction of sp³-hybridized carbons (Fsp3) is 0.375. The van der Waals surface area contributed by atoms with Gasteiger partial charge in [-0.3, -0.25) is 14.5 Å². The van der Waals surface area contributed by atoms with Crippen LogP contribution in [0.15, 0.2) is 60.7 Å². The minimum Gasteiger partial charge on any atom is -0.333 e. The van der Waals surface area contributed by atoms with Crippen LogP contribution in [0.2, 0.25) is 0 Å². The number of carbonyl (C=O) groups excluding carboxylic acids is 3. The molecule has 0 radical (unpaired) electrons. The van der Waals surface area contributed by atoms with Crippen molar-refractivity contribution in [2.75, 3.05) is 18.1 Å². The summed E-state index contributed by atoms with van der Waals surface area (Å²) in [4.78, 5) is 42.0. The molecule has 0 saturated carbocycles. The molecular formula is C24H27N3O5S. The van der Waals surface area contributed by atoms with Crippen LogP contribution < -0.4 is 5.32 Å². The zero-order valence-electron chi connectivity index (χ0n) is 18.4. The van der Waals surface area contributed by atoms with Gasteiger partial charge in [-0.25, -0.2) is 13.2 Å². The Bertz CT molecular complexity index is 1150. The third-order valence-corrected chi connectivity index (χ3v) is 8.18. The maximum atomic E-state index is 13.4. The third kappa shape index (κ3) is 4.50. The van der Waals surface area contributed by atoms with E-state index in [2.05, 4.69) is 5.32 Å². The highest BCUT2D eigenvalue weighted by Crippen LogP contribution is 2.32. The summed E-state index contributed by atoms with van der Waals surface area (Å²) in [6, 6.07) is 17.1. The highest BCUT2D eigenvalue weighted by molar-refractivity contribution is 7.91. The van der Waals surface area contributed by atoms with Crippen LogP contribution in [0.5, 0.6) is 0 Å². The summed E-state index contributed by atoms with van der Waals surface area (Å²) in [5.74, 6) is -1.03. The summed E-state index contributed by atoms with van der Waals surface area (Å²) in [5, 5.41) is 2.78. The van der Waals surface area contributed by atoms with Gasteiger partial charge in [-0.2, -0.15) is 0 Å². The van der Waals surface area contributed by atoms with Crippen molar-refractivity contribution in [3.63, 3.8) is 0 Å². The lowest BCUT2D eigenvalue weighted by Crippen LogP contribution is -2.48. The van der Waals surface area contributed by atoms with Crippen molar-refractivity contribution in [3.8, 4) is 0 Å². The van der Waals surface area contributed by atoms with E-state index < -0.39 is 45.8 Å². The molecule has 2 heterocycles. The summed E-state index contributed by atoms with van der Waals surface area (Å²) < 4.78 is 24.2. The Morgan fingerprint density at radius 2 is 1.73 bits per heavy atom. The van der Waals surface area contributed by atoms with Crippen molar-refractivity contribution in [2.45, 2.75) is 37.9 Å². The Hall–Kier alpha value is -3.20. The lowest BCUT2D eigenvalue weighted by Gasteiger charge is -2.30. The zero-order chi connectivity index (χ0) is 23.6. The fourth-order valence-electron chi connectivity index (χ4n) is 4.58. The molecule has 0 aliphatic carbocycles. The maximum Gasteiger partial charge on any atom is 0.325 e. The molecule has 2 aromatic rings. The summed E-state index contributed by atoms with van der Waals surface area (Å²) in [5.41, 5.74) is 0.280. The van der Waals surface area contributed by atoms with E-state index in [1.807, 2.05) is 43.3 Å². The van der Waals surface area contributed by atoms with E-state index in [1.54, 1.807) is 24.3 Å². The summed E-state index contributed by atoms with van der Waals surface area (Å²) >= 11 is 0. The van der Waals surface area contributed by atoms with Crippen LogP contribution in [0.25, 0.3) is 0 Å². The monoisotopic (exact) mass is 469 g/mol. The van der Waals surface area contributed by atoms with Gasteiger partial charge in [-0.1, -0.05) is 67.6 Å². The molecule has 1 N–H and O–H groups in total. The van der Waals surface area contributed by atoms with Gasteiger partial charge in [0.1, 0.15) is 12.1 Å². The quantitative estimate of drug-likeness (QED) is 0.625. The first-order valence-electron chi connectivity index (χ1n) is 11.0. The van der Waals surface area contributed by atoms with Crippen LogP contribution >= 0.6 is 0 Å². The second kappa shape index (κ2) is 8.97. The SMILES string of the molecule is CC[C@]1(c2ccccc2)NC(=O)N(CC(=O)N(Cc2ccccc2)[C@@H]2CCS(=O)(=O)C2)C1=O. The van der Waals surface area contributed by atoms with Crippen molar-refractivity contribution in [2.24, 2.45) is 0 Å². The number of benzene rings is 2. The highest BCUT2D eigenvalue weighted by atomic mass is 32.2. The number of carbonyl (C=O) groups is 3. The topological polar surface area (TPSA) is 104 Å². The van der Waals surface area contributed by atoms with Gasteiger partial charge in [-0.05, 0) is 24.0 Å². The Morgan fingerprint density at radius 3 is 2.30 bits per heavy atom. The predicted octanol–water partition coefficient (Wildman–Crippen LogP) is 2.06. The number of nitrogens with zero attached hydrogens (tertiary/aromatic N) is 2. The molecule has 2 saturated heterocycles. The summed E-state index contributed by atoms with van der Waals surface area (Å²) in [7, 11) is -3.23. The molecule has 4 amide bonds. The molecule has 9 heteroatoms. The largest absolute Gasteiger partial charge is 0.333 e. The second-order valence-corrected chi connectivity index (χ2v) is 10.7. The number of sulfone groups is 1. The van der Waals surface area contributed by atoms with E-state index in [0.717, 1.165) is 10.5 Å². The molecule has 0 unspecified atom stereocenters. The minimum atomic E-state index is -3.23. The lowest BCUT2D eigenvalue weighted by molar-refractivity contribution is -0.140. The first-order valence-corrected chi connectivity index (χ1v) is 12.8. The molecule has 174 valence electrons. The number of rotatable bonds is 7. The molecule has 2 aliphatic heterocycles. The molecule has 0 bridgehead atoms. The smallest absolute Gasteiger partial charge is 0.325 e. The number of imide groups is 1. The highest BCUT2D eigenvalue weighted by Gasteiger charge is 2.52. The summed E-state index contributed by atoms with van der Waals surface area (Å²) in [6.07, 6.45) is 0.671. The Morgan fingerprint density at radius 1 is 1.09 bits per heavy atom. The molecule has 2 aliphatic rings. The number of nitrogens with one attached hydrogen (secondary N) is 1. The van der Waals surface area contributed by atoms with Crippen LogP contribution in [0.1, 0.15) is 30.9 Å². The van der Waals surface area contributed by atoms with Gasteiger partial charge in [0.05, 0.1) is 11.5 Å². The normalized spacial score (nSPS) is 24.0. The fourth-order valence-corrected chi connectivity index (χ4v) is 6.31. The second-order valence-electron chi connectivity index (χ2n) is 8.51. The van der Waals surface area contributed by atoms with E-state index in [0.29, 0.717) is 18.4 Å². The number of amides is 4. The first-order chi connectivity index (χ1) is 15.8. The minimum absolute atomic E-state index is 0.0202. The summed E-state index contributed by atoms with van der Waals surface area (Å²) in [6.45, 7) is 1.57. The van der Waals surface area contributed by atoms with Crippen LogP contribution in [0.3, 0.4) is 0 Å². The van der Waals surface area contributed by atoms with Crippen LogP contribution in [0.4, 0.5) is 4.79 Å². The average molecular weight is 470 g/mol. The third-order valence-electron chi connectivity index (χ3n) is 6.43. The standard InChI is InChI=1S/C24H27N3O5S/c1-2-24(19-11-7-4-8-12-19)22(29)27(23(30)25-24)16-21(28)26(15-18-9-5-3-6-10-18)20-13-14-33(31,32)17-20/h3-12,20H,2,13-17H2,1H3,(H,25,30)/t20-,24-/m1/s1. The van der Waals surface area contributed by atoms with Gasteiger partial charge < -0.3 is 10.2 Å². The Kier molecular flexibility index (Phi) is 6.25. The van der Waals surface area contributed by atoms with Crippen molar-refractivity contribution in [1.29, 1.82) is 0 Å². The Balaban J connectivity index is 1.58. The molecule has 8 nitrogen and oxygen atoms in total. The van der Waals surface area contributed by atoms with Gasteiger partial charge in [-0.15, -0.1) is 0 Å². The van der Waals surface area contributed by atoms with Gasteiger partial charge in [0, 0.05) is 12.6 Å². The molecule has 0 spiro atoms. The molecular weight excluding hydrogens is 442 g/mol. The van der Waals surface area contributed by atoms with E-state index in [4.69, 9.17) is 0 Å². The van der Waals surface area contributed by atoms with Gasteiger partial charge in [0.15, 0.2) is 9.84 Å². The van der Waals surface area contributed by atoms with Crippen molar-refractivity contribution >= 4 is 27.7 Å². The van der Waals surface area contributed by atoms with Crippen LogP contribution in [-0.4, -0.2) is 60.2 Å². The molecule has 4 rings (SSSR count). The molecule has 33 heavy (non-hydrogen) atoms. The van der Waals surface area contributed by atoms with Crippen molar-refractivity contribution in [3.05, 3.63) is 71.8 Å². The molecule has 0 aromatic heterocycles. The number of hydrogen-bond acceptors (Lipinski definition) is 5. The Labute approximate surface area is 193 Å². The molecule has 2 atom stereocenters. The number of hydrogen-bond donors (Lipinski definition) is 1. The zero-order valence-corrected chi connectivity index (χ0v) is 19.3. The van der Waals surface area contributed by atoms with E-state index >= 15 is 0 Å². The first kappa shape index (κ1) is 23.0. The molecule has 2 fully saturated rings. The van der Waals surface area contributed by atoms with Crippen molar-refractivity contribution in [1.82, 2.24) is 15.1 Å². The van der Waals surface area contributed by atoms with Crippen molar-refractivity contribution < 1.29 is 22.8 Å². The van der Waals surface area contributed by atoms with Gasteiger partial charge >= 0.3 is 6.03 Å². The molecule has 2 aromatic carbocycles. The lowest BCUT2D eigenvalue weighted by atomic mass is 9.87. The van der Waals surface area contributed by atoms with Gasteiger partial charge in [0.2, 0.25) is 5.91 Å². The average Bonchev–Trinajstić information content (AvgIpc) is 3.30.